The predicted octanol–water partition coefficient (Wildman–Crippen LogP) is 4.04. The molecule has 0 fully saturated rings. The van der Waals surface area contributed by atoms with E-state index in [0.717, 1.165) is 5.69 Å². The Balaban J connectivity index is 1.80. The number of thioether (sulfide) groups is 1. The van der Waals surface area contributed by atoms with E-state index in [9.17, 15) is 9.59 Å². The number of benzene rings is 2. The van der Waals surface area contributed by atoms with E-state index in [0.29, 0.717) is 10.7 Å². The molecule has 0 aliphatic rings. The Hall–Kier alpha value is -1.98. The number of carbonyl (C=O) groups is 2. The lowest BCUT2D eigenvalue weighted by Crippen LogP contribution is -2.25. The second kappa shape index (κ2) is 8.60. The van der Waals surface area contributed by atoms with Crippen LogP contribution in [0.2, 0.25) is 5.02 Å². The van der Waals surface area contributed by atoms with Crippen LogP contribution < -0.4 is 10.6 Å². The Morgan fingerprint density at radius 1 is 1.04 bits per heavy atom. The van der Waals surface area contributed by atoms with Crippen molar-refractivity contribution in [2.75, 3.05) is 16.4 Å². The lowest BCUT2D eigenvalue weighted by atomic mass is 10.3. The highest BCUT2D eigenvalue weighted by Gasteiger charge is 2.16. The third-order valence-electron chi connectivity index (χ3n) is 3.02. The third kappa shape index (κ3) is 5.62. The lowest BCUT2D eigenvalue weighted by molar-refractivity contribution is -0.115. The zero-order valence-electron chi connectivity index (χ0n) is 12.6. The number of carbonyl (C=O) groups excluding carboxylic acids is 2. The molecule has 2 aromatic rings. The predicted molar refractivity (Wildman–Crippen MR) is 97.1 cm³/mol. The van der Waals surface area contributed by atoms with E-state index < -0.39 is 0 Å². The number of anilines is 2. The second-order valence-corrected chi connectivity index (χ2v) is 6.57. The number of halogens is 1. The van der Waals surface area contributed by atoms with Crippen LogP contribution in [-0.2, 0) is 9.59 Å². The Morgan fingerprint density at radius 3 is 2.39 bits per heavy atom. The van der Waals surface area contributed by atoms with Gasteiger partial charge in [-0.15, -0.1) is 11.8 Å². The summed E-state index contributed by atoms with van der Waals surface area (Å²) >= 11 is 7.27. The summed E-state index contributed by atoms with van der Waals surface area (Å²) in [4.78, 5) is 24.0. The van der Waals surface area contributed by atoms with Crippen molar-refractivity contribution in [2.45, 2.75) is 12.2 Å². The van der Waals surface area contributed by atoms with Crippen LogP contribution in [0.15, 0.2) is 54.6 Å². The molecule has 0 aliphatic heterocycles. The molecule has 0 aliphatic carbocycles. The van der Waals surface area contributed by atoms with Gasteiger partial charge in [-0.1, -0.05) is 41.9 Å². The van der Waals surface area contributed by atoms with Gasteiger partial charge >= 0.3 is 0 Å². The number of amides is 2. The highest BCUT2D eigenvalue weighted by molar-refractivity contribution is 8.01. The van der Waals surface area contributed by atoms with Crippen LogP contribution in [0.1, 0.15) is 6.92 Å². The molecule has 2 rings (SSSR count). The highest BCUT2D eigenvalue weighted by Crippen LogP contribution is 2.22. The van der Waals surface area contributed by atoms with Crippen LogP contribution in [0.5, 0.6) is 0 Å². The summed E-state index contributed by atoms with van der Waals surface area (Å²) < 4.78 is 0. The summed E-state index contributed by atoms with van der Waals surface area (Å²) in [6.07, 6.45) is 0. The van der Waals surface area contributed by atoms with Gasteiger partial charge in [0.2, 0.25) is 11.8 Å². The molecule has 0 aromatic heterocycles. The summed E-state index contributed by atoms with van der Waals surface area (Å²) in [7, 11) is 0. The molecular weight excluding hydrogens is 332 g/mol. The molecule has 0 saturated carbocycles. The molecule has 4 nitrogen and oxygen atoms in total. The molecule has 120 valence electrons. The van der Waals surface area contributed by atoms with E-state index in [1.54, 1.807) is 31.2 Å². The molecule has 0 saturated heterocycles. The fourth-order valence-corrected chi connectivity index (χ4v) is 2.66. The first kappa shape index (κ1) is 17.4. The molecule has 0 bridgehead atoms. The maximum Gasteiger partial charge on any atom is 0.237 e. The van der Waals surface area contributed by atoms with Crippen LogP contribution in [0.25, 0.3) is 0 Å². The first-order valence-corrected chi connectivity index (χ1v) is 8.51. The van der Waals surface area contributed by atoms with Gasteiger partial charge in [0.05, 0.1) is 21.7 Å². The van der Waals surface area contributed by atoms with E-state index in [4.69, 9.17) is 11.6 Å². The maximum atomic E-state index is 12.1. The number of para-hydroxylation sites is 2. The Kier molecular flexibility index (Phi) is 6.50. The smallest absolute Gasteiger partial charge is 0.237 e. The summed E-state index contributed by atoms with van der Waals surface area (Å²) in [5.41, 5.74) is 1.31. The van der Waals surface area contributed by atoms with Gasteiger partial charge in [-0.3, -0.25) is 9.59 Å². The van der Waals surface area contributed by atoms with Crippen molar-refractivity contribution in [1.82, 2.24) is 0 Å². The topological polar surface area (TPSA) is 58.2 Å². The van der Waals surface area contributed by atoms with Gasteiger partial charge in [-0.2, -0.15) is 0 Å². The van der Waals surface area contributed by atoms with Gasteiger partial charge < -0.3 is 10.6 Å². The Bertz CT molecular complexity index is 679. The van der Waals surface area contributed by atoms with Crippen molar-refractivity contribution < 1.29 is 9.59 Å². The molecule has 1 atom stereocenters. The number of hydrogen-bond acceptors (Lipinski definition) is 3. The number of nitrogens with one attached hydrogen (secondary N) is 2. The molecule has 2 aromatic carbocycles. The molecule has 0 radical (unpaired) electrons. The van der Waals surface area contributed by atoms with E-state index >= 15 is 0 Å². The molecule has 2 N–H and O–H groups in total. The first-order chi connectivity index (χ1) is 11.1. The van der Waals surface area contributed by atoms with Crippen molar-refractivity contribution in [3.63, 3.8) is 0 Å². The summed E-state index contributed by atoms with van der Waals surface area (Å²) in [5, 5.41) is 5.66. The van der Waals surface area contributed by atoms with Crippen LogP contribution in [0.3, 0.4) is 0 Å². The maximum absolute atomic E-state index is 12.1. The summed E-state index contributed by atoms with van der Waals surface area (Å²) in [6, 6.07) is 16.3. The van der Waals surface area contributed by atoms with E-state index in [-0.39, 0.29) is 22.8 Å². The standard InChI is InChI=1S/C17H17ClN2O2S/c1-12(17(22)20-15-10-6-5-9-14(15)18)23-11-16(21)19-13-7-3-2-4-8-13/h2-10,12H,11H2,1H3,(H,19,21)(H,20,22). The van der Waals surface area contributed by atoms with Gasteiger partial charge in [0.15, 0.2) is 0 Å². The molecule has 2 amide bonds. The van der Waals surface area contributed by atoms with Crippen LogP contribution in [0.4, 0.5) is 11.4 Å². The molecule has 23 heavy (non-hydrogen) atoms. The lowest BCUT2D eigenvalue weighted by Gasteiger charge is -2.13. The quantitative estimate of drug-likeness (QED) is 0.828. The fraction of sp³-hybridized carbons (Fsp3) is 0.176. The molecule has 6 heteroatoms. The zero-order chi connectivity index (χ0) is 16.7. The van der Waals surface area contributed by atoms with Crippen LogP contribution >= 0.6 is 23.4 Å². The largest absolute Gasteiger partial charge is 0.325 e. The summed E-state index contributed by atoms with van der Waals surface area (Å²) in [5.74, 6) is -0.124. The second-order valence-electron chi connectivity index (χ2n) is 4.84. The van der Waals surface area contributed by atoms with Crippen LogP contribution in [0, 0.1) is 0 Å². The number of rotatable bonds is 6. The average Bonchev–Trinajstić information content (AvgIpc) is 2.55. The van der Waals surface area contributed by atoms with Gasteiger partial charge in [-0.05, 0) is 31.2 Å². The summed E-state index contributed by atoms with van der Waals surface area (Å²) in [6.45, 7) is 1.76. The van der Waals surface area contributed by atoms with Gasteiger partial charge in [0.1, 0.15) is 0 Å². The minimum absolute atomic E-state index is 0.140. The first-order valence-electron chi connectivity index (χ1n) is 7.08. The van der Waals surface area contributed by atoms with E-state index in [1.165, 1.54) is 11.8 Å². The SMILES string of the molecule is CC(SCC(=O)Nc1ccccc1)C(=O)Nc1ccccc1Cl. The Morgan fingerprint density at radius 2 is 1.70 bits per heavy atom. The minimum atomic E-state index is -0.368. The normalized spacial score (nSPS) is 11.6. The van der Waals surface area contributed by atoms with Crippen molar-refractivity contribution in [2.24, 2.45) is 0 Å². The minimum Gasteiger partial charge on any atom is -0.325 e. The average molecular weight is 349 g/mol. The molecular formula is C17H17ClN2O2S. The van der Waals surface area contributed by atoms with Crippen LogP contribution in [-0.4, -0.2) is 22.8 Å². The Labute approximate surface area is 144 Å². The third-order valence-corrected chi connectivity index (χ3v) is 4.50. The molecule has 0 heterocycles. The molecule has 0 spiro atoms. The van der Waals surface area contributed by atoms with Crippen molar-refractivity contribution >= 4 is 46.6 Å². The van der Waals surface area contributed by atoms with Crippen molar-refractivity contribution in [3.8, 4) is 0 Å². The monoisotopic (exact) mass is 348 g/mol. The highest BCUT2D eigenvalue weighted by atomic mass is 35.5. The van der Waals surface area contributed by atoms with Gasteiger partial charge in [-0.25, -0.2) is 0 Å². The van der Waals surface area contributed by atoms with Gasteiger partial charge in [0.25, 0.3) is 0 Å². The van der Waals surface area contributed by atoms with E-state index in [2.05, 4.69) is 10.6 Å². The van der Waals surface area contributed by atoms with Crippen molar-refractivity contribution in [1.29, 1.82) is 0 Å². The zero-order valence-corrected chi connectivity index (χ0v) is 14.2. The van der Waals surface area contributed by atoms with Crippen molar-refractivity contribution in [3.05, 3.63) is 59.6 Å². The fourth-order valence-electron chi connectivity index (χ4n) is 1.79. The number of hydrogen-bond donors (Lipinski definition) is 2. The van der Waals surface area contributed by atoms with Gasteiger partial charge in [0, 0.05) is 5.69 Å². The molecule has 1 unspecified atom stereocenters. The van der Waals surface area contributed by atoms with E-state index in [1.807, 2.05) is 30.3 Å².